The number of esters is 1. The van der Waals surface area contributed by atoms with Gasteiger partial charge in [-0.15, -0.1) is 0 Å². The fourth-order valence-electron chi connectivity index (χ4n) is 7.77. The highest BCUT2D eigenvalue weighted by atomic mass is 19.1. The van der Waals surface area contributed by atoms with Crippen molar-refractivity contribution in [3.8, 4) is 0 Å². The van der Waals surface area contributed by atoms with Crippen LogP contribution in [0.4, 0.5) is 4.39 Å². The smallest absolute Gasteiger partial charge is 0.374 e. The number of hydrogen-bond acceptors (Lipinski definition) is 6. The number of likely N-dealkylation sites (tertiary alicyclic amines) is 1. The predicted molar refractivity (Wildman–Crippen MR) is 162 cm³/mol. The molecule has 2 aliphatic carbocycles. The second kappa shape index (κ2) is 14.4. The molecule has 4 atom stereocenters. The van der Waals surface area contributed by atoms with Gasteiger partial charge in [-0.05, 0) is 86.5 Å². The normalized spacial score (nSPS) is 26.4. The van der Waals surface area contributed by atoms with E-state index in [1.165, 1.54) is 19.3 Å². The lowest BCUT2D eigenvalue weighted by Gasteiger charge is -2.37. The Morgan fingerprint density at radius 2 is 1.74 bits per heavy atom. The molecule has 2 saturated carbocycles. The number of ketones is 1. The lowest BCUT2D eigenvalue weighted by atomic mass is 9.74. The van der Waals surface area contributed by atoms with Crippen LogP contribution in [0.3, 0.4) is 0 Å². The van der Waals surface area contributed by atoms with Gasteiger partial charge >= 0.3 is 5.97 Å². The molecule has 1 amide bonds. The van der Waals surface area contributed by atoms with Crippen LogP contribution in [0.5, 0.6) is 0 Å². The van der Waals surface area contributed by atoms with Crippen LogP contribution in [0.25, 0.3) is 11.0 Å². The maximum absolute atomic E-state index is 14.1. The van der Waals surface area contributed by atoms with Crippen LogP contribution in [-0.2, 0) is 25.5 Å². The van der Waals surface area contributed by atoms with Crippen molar-refractivity contribution in [3.05, 3.63) is 35.6 Å². The molecular weight excluding hydrogens is 549 g/mol. The van der Waals surface area contributed by atoms with E-state index in [-0.39, 0.29) is 61.0 Å². The largest absolute Gasteiger partial charge is 0.457 e. The van der Waals surface area contributed by atoms with Gasteiger partial charge in [-0.3, -0.25) is 14.0 Å². The molecule has 1 aromatic carbocycles. The van der Waals surface area contributed by atoms with Crippen molar-refractivity contribution in [2.45, 2.75) is 96.6 Å². The van der Waals surface area contributed by atoms with Crippen LogP contribution in [-0.4, -0.2) is 61.6 Å². The van der Waals surface area contributed by atoms with Crippen LogP contribution >= 0.6 is 0 Å². The van der Waals surface area contributed by atoms with E-state index in [9.17, 15) is 18.8 Å². The van der Waals surface area contributed by atoms with E-state index in [2.05, 4.69) is 0 Å². The SMILES string of the molecule is CO[C@@H](C)COC(=O)c1cc2cc(CC(=O)[C@@H]3[C@H](C4CCCCC4)CCN3C(=O)C3CCC([C@H](C)CF)CC3)ccc2o1. The third-order valence-electron chi connectivity index (χ3n) is 10.5. The van der Waals surface area contributed by atoms with Gasteiger partial charge in [0, 0.05) is 31.4 Å². The van der Waals surface area contributed by atoms with Gasteiger partial charge in [0.1, 0.15) is 12.2 Å². The van der Waals surface area contributed by atoms with Gasteiger partial charge < -0.3 is 18.8 Å². The van der Waals surface area contributed by atoms with E-state index in [1.54, 1.807) is 19.2 Å². The number of carbonyl (C=O) groups excluding carboxylic acids is 3. The Morgan fingerprint density at radius 3 is 2.44 bits per heavy atom. The molecule has 0 radical (unpaired) electrons. The molecule has 7 nitrogen and oxygen atoms in total. The number of alkyl halides is 1. The van der Waals surface area contributed by atoms with E-state index in [0.717, 1.165) is 55.9 Å². The summed E-state index contributed by atoms with van der Waals surface area (Å²) in [6.07, 6.45) is 10.1. The lowest BCUT2D eigenvalue weighted by molar-refractivity contribution is -0.143. The Labute approximate surface area is 254 Å². The van der Waals surface area contributed by atoms with Crippen molar-refractivity contribution in [1.29, 1.82) is 0 Å². The minimum Gasteiger partial charge on any atom is -0.457 e. The van der Waals surface area contributed by atoms with Crippen LogP contribution in [0.15, 0.2) is 28.7 Å². The van der Waals surface area contributed by atoms with Gasteiger partial charge in [0.2, 0.25) is 11.7 Å². The van der Waals surface area contributed by atoms with Crippen LogP contribution in [0.2, 0.25) is 0 Å². The average molecular weight is 598 g/mol. The molecule has 0 N–H and O–H groups in total. The summed E-state index contributed by atoms with van der Waals surface area (Å²) in [5.74, 6) is 0.771. The molecule has 3 fully saturated rings. The number of halogens is 1. The minimum atomic E-state index is -0.554. The zero-order valence-corrected chi connectivity index (χ0v) is 26.0. The van der Waals surface area contributed by atoms with E-state index in [0.29, 0.717) is 24.0 Å². The van der Waals surface area contributed by atoms with E-state index in [4.69, 9.17) is 13.9 Å². The highest BCUT2D eigenvalue weighted by molar-refractivity contribution is 5.94. The molecular formula is C35H48FNO6. The molecule has 0 bridgehead atoms. The summed E-state index contributed by atoms with van der Waals surface area (Å²) >= 11 is 0. The molecule has 1 aliphatic heterocycles. The maximum Gasteiger partial charge on any atom is 0.374 e. The minimum absolute atomic E-state index is 0.0431. The number of fused-ring (bicyclic) bond motifs is 1. The number of rotatable bonds is 11. The first-order valence-electron chi connectivity index (χ1n) is 16.4. The van der Waals surface area contributed by atoms with E-state index < -0.39 is 12.0 Å². The van der Waals surface area contributed by atoms with Crippen molar-refractivity contribution in [3.63, 3.8) is 0 Å². The van der Waals surface area contributed by atoms with Crippen molar-refractivity contribution >= 4 is 28.6 Å². The third kappa shape index (κ3) is 7.33. The predicted octanol–water partition coefficient (Wildman–Crippen LogP) is 6.95. The molecule has 3 aliphatic rings. The first-order chi connectivity index (χ1) is 20.8. The molecule has 1 saturated heterocycles. The molecule has 8 heteroatoms. The molecule has 2 heterocycles. The summed E-state index contributed by atoms with van der Waals surface area (Å²) in [6, 6.07) is 6.82. The Bertz CT molecular complexity index is 1260. The molecule has 5 rings (SSSR count). The molecule has 43 heavy (non-hydrogen) atoms. The van der Waals surface area contributed by atoms with Crippen molar-refractivity contribution < 1.29 is 32.7 Å². The summed E-state index contributed by atoms with van der Waals surface area (Å²) in [4.78, 5) is 42.5. The van der Waals surface area contributed by atoms with Gasteiger partial charge in [-0.25, -0.2) is 4.79 Å². The highest BCUT2D eigenvalue weighted by Crippen LogP contribution is 2.42. The van der Waals surface area contributed by atoms with Crippen molar-refractivity contribution in [2.75, 3.05) is 26.9 Å². The zero-order chi connectivity index (χ0) is 30.5. The number of nitrogens with zero attached hydrogens (tertiary/aromatic N) is 1. The highest BCUT2D eigenvalue weighted by Gasteiger charge is 2.46. The zero-order valence-electron chi connectivity index (χ0n) is 26.0. The summed E-state index contributed by atoms with van der Waals surface area (Å²) in [5, 5.41) is 0.736. The van der Waals surface area contributed by atoms with Crippen LogP contribution in [0.1, 0.15) is 94.2 Å². The summed E-state index contributed by atoms with van der Waals surface area (Å²) < 4.78 is 29.4. The van der Waals surface area contributed by atoms with Crippen molar-refractivity contribution in [1.82, 2.24) is 4.90 Å². The first-order valence-corrected chi connectivity index (χ1v) is 16.4. The van der Waals surface area contributed by atoms with Gasteiger partial charge in [-0.1, -0.05) is 45.1 Å². The lowest BCUT2D eigenvalue weighted by Crippen LogP contribution is -2.48. The monoisotopic (exact) mass is 597 g/mol. The fourth-order valence-corrected chi connectivity index (χ4v) is 7.77. The van der Waals surface area contributed by atoms with Gasteiger partial charge in [0.25, 0.3) is 0 Å². The topological polar surface area (TPSA) is 86.0 Å². The number of hydrogen-bond donors (Lipinski definition) is 0. The van der Waals surface area contributed by atoms with Gasteiger partial charge in [0.05, 0.1) is 18.8 Å². The third-order valence-corrected chi connectivity index (χ3v) is 10.5. The first kappa shape index (κ1) is 31.7. The standard InChI is InChI=1S/C35H48FNO6/c1-22(20-36)25-10-12-27(13-11-25)34(39)37-16-15-29(26-7-5-4-6-8-26)33(37)30(38)18-24-9-14-31-28(17-24)19-32(43-31)35(40)42-21-23(2)41-3/h9,14,17,19,22-23,25-27,29,33H,4-8,10-13,15-16,18,20-21H2,1-3H3/t22-,23+,25?,27?,29+,33+/m1/s1. The Hall–Kier alpha value is -2.74. The molecule has 0 unspecified atom stereocenters. The maximum atomic E-state index is 14.1. The molecule has 1 aromatic heterocycles. The van der Waals surface area contributed by atoms with E-state index >= 15 is 0 Å². The number of carbonyl (C=O) groups is 3. The Balaban J connectivity index is 1.30. The number of ether oxygens (including phenoxy) is 2. The average Bonchev–Trinajstić information content (AvgIpc) is 3.68. The summed E-state index contributed by atoms with van der Waals surface area (Å²) in [7, 11) is 1.56. The quantitative estimate of drug-likeness (QED) is 0.261. The van der Waals surface area contributed by atoms with Gasteiger partial charge in [0.15, 0.2) is 5.78 Å². The fraction of sp³-hybridized carbons (Fsp3) is 0.686. The van der Waals surface area contributed by atoms with Crippen LogP contribution < -0.4 is 0 Å². The summed E-state index contributed by atoms with van der Waals surface area (Å²) in [6.45, 7) is 4.24. The van der Waals surface area contributed by atoms with Crippen molar-refractivity contribution in [2.24, 2.45) is 29.6 Å². The molecule has 0 spiro atoms. The Kier molecular flexibility index (Phi) is 10.6. The van der Waals surface area contributed by atoms with Crippen LogP contribution in [0, 0.1) is 29.6 Å². The number of benzene rings is 1. The second-order valence-electron chi connectivity index (χ2n) is 13.3. The molecule has 2 aromatic rings. The van der Waals surface area contributed by atoms with Gasteiger partial charge in [-0.2, -0.15) is 0 Å². The number of methoxy groups -OCH3 is 1. The number of Topliss-reactive ketones (excluding diaryl/α,β-unsaturated/α-hetero) is 1. The summed E-state index contributed by atoms with van der Waals surface area (Å²) in [5.41, 5.74) is 1.40. The second-order valence-corrected chi connectivity index (χ2v) is 13.3. The number of amides is 1. The Morgan fingerprint density at radius 1 is 1.00 bits per heavy atom. The molecule has 236 valence electrons. The number of furan rings is 1. The van der Waals surface area contributed by atoms with E-state index in [1.807, 2.05) is 30.9 Å².